The van der Waals surface area contributed by atoms with Gasteiger partial charge in [0.15, 0.2) is 5.96 Å². The molecule has 1 heterocycles. The fourth-order valence-electron chi connectivity index (χ4n) is 3.09. The Bertz CT molecular complexity index is 659. The number of likely N-dealkylation sites (tertiary alicyclic amines) is 1. The molecule has 4 nitrogen and oxygen atoms in total. The molecule has 0 spiro atoms. The summed E-state index contributed by atoms with van der Waals surface area (Å²) in [7, 11) is 0. The van der Waals surface area contributed by atoms with Crippen LogP contribution in [0.1, 0.15) is 24.8 Å². The topological polar surface area (TPSA) is 53.6 Å². The maximum Gasteiger partial charge on any atom is 0.188 e. The summed E-state index contributed by atoms with van der Waals surface area (Å²) in [6.45, 7) is 5.18. The lowest BCUT2D eigenvalue weighted by atomic mass is 10.1. The molecule has 1 fully saturated rings. The van der Waals surface area contributed by atoms with E-state index in [1.165, 1.54) is 42.3 Å². The van der Waals surface area contributed by atoms with E-state index in [1.54, 1.807) is 0 Å². The number of nitrogens with one attached hydrogen (secondary N) is 1. The molecule has 0 radical (unpaired) electrons. The van der Waals surface area contributed by atoms with Crippen molar-refractivity contribution < 1.29 is 0 Å². The second-order valence-corrected chi connectivity index (χ2v) is 6.21. The number of guanidine groups is 1. The van der Waals surface area contributed by atoms with E-state index in [-0.39, 0.29) is 0 Å². The molecule has 3 rings (SSSR count). The van der Waals surface area contributed by atoms with Crippen molar-refractivity contribution in [2.45, 2.75) is 25.8 Å². The quantitative estimate of drug-likeness (QED) is 0.490. The number of fused-ring (bicyclic) bond motifs is 1. The number of rotatable bonds is 6. The molecule has 122 valence electrons. The molecule has 0 bridgehead atoms. The third kappa shape index (κ3) is 4.70. The number of nitrogens with zero attached hydrogens (tertiary/aromatic N) is 2. The van der Waals surface area contributed by atoms with Crippen molar-refractivity contribution in [3.63, 3.8) is 0 Å². The van der Waals surface area contributed by atoms with E-state index in [4.69, 9.17) is 5.73 Å². The van der Waals surface area contributed by atoms with E-state index in [0.717, 1.165) is 19.5 Å². The van der Waals surface area contributed by atoms with Crippen LogP contribution in [0.25, 0.3) is 10.8 Å². The maximum atomic E-state index is 5.95. The Kier molecular flexibility index (Phi) is 5.48. The molecule has 0 unspecified atom stereocenters. The number of hydrogen-bond donors (Lipinski definition) is 2. The van der Waals surface area contributed by atoms with Crippen LogP contribution in [0.2, 0.25) is 0 Å². The van der Waals surface area contributed by atoms with Crippen LogP contribution in [0.5, 0.6) is 0 Å². The summed E-state index contributed by atoms with van der Waals surface area (Å²) >= 11 is 0. The first-order chi connectivity index (χ1) is 11.3. The van der Waals surface area contributed by atoms with Crippen molar-refractivity contribution in [1.82, 2.24) is 10.2 Å². The third-order valence-electron chi connectivity index (χ3n) is 4.40. The van der Waals surface area contributed by atoms with Gasteiger partial charge in [-0.15, -0.1) is 0 Å². The third-order valence-corrected chi connectivity index (χ3v) is 4.40. The first-order valence-corrected chi connectivity index (χ1v) is 8.55. The Hall–Kier alpha value is -2.07. The first kappa shape index (κ1) is 15.8. The van der Waals surface area contributed by atoms with Gasteiger partial charge in [0.05, 0.1) is 6.54 Å². The molecule has 1 aliphatic rings. The van der Waals surface area contributed by atoms with Crippen LogP contribution in [0.15, 0.2) is 47.5 Å². The molecule has 0 atom stereocenters. The number of benzene rings is 2. The molecule has 3 N–H and O–H groups in total. The lowest BCUT2D eigenvalue weighted by molar-refractivity contribution is 0.334. The van der Waals surface area contributed by atoms with Gasteiger partial charge in [0, 0.05) is 6.54 Å². The molecule has 0 amide bonds. The van der Waals surface area contributed by atoms with Crippen LogP contribution in [0.4, 0.5) is 0 Å². The molecule has 4 heteroatoms. The van der Waals surface area contributed by atoms with Gasteiger partial charge < -0.3 is 16.0 Å². The Morgan fingerprint density at radius 1 is 1.09 bits per heavy atom. The predicted octanol–water partition coefficient (Wildman–Crippen LogP) is 2.73. The highest BCUT2D eigenvalue weighted by Gasteiger charge is 2.09. The highest BCUT2D eigenvalue weighted by atomic mass is 15.1. The van der Waals surface area contributed by atoms with E-state index >= 15 is 0 Å². The van der Waals surface area contributed by atoms with E-state index in [0.29, 0.717) is 12.5 Å². The molecule has 1 aliphatic heterocycles. The summed E-state index contributed by atoms with van der Waals surface area (Å²) in [5.74, 6) is 0.541. The second-order valence-electron chi connectivity index (χ2n) is 6.21. The van der Waals surface area contributed by atoms with Gasteiger partial charge in [-0.25, -0.2) is 4.99 Å². The average Bonchev–Trinajstić information content (AvgIpc) is 3.10. The van der Waals surface area contributed by atoms with Crippen LogP contribution in [-0.2, 0) is 6.54 Å². The van der Waals surface area contributed by atoms with Crippen molar-refractivity contribution in [2.75, 3.05) is 26.2 Å². The molecular formula is C19H26N4. The SMILES string of the molecule is NC(=NCc1ccc2ccccc2c1)NCCCN1CCCC1. The van der Waals surface area contributed by atoms with Gasteiger partial charge in [-0.05, 0) is 61.3 Å². The summed E-state index contributed by atoms with van der Waals surface area (Å²) in [6, 6.07) is 14.8. The van der Waals surface area contributed by atoms with Crippen LogP contribution in [0.3, 0.4) is 0 Å². The van der Waals surface area contributed by atoms with Crippen molar-refractivity contribution in [3.05, 3.63) is 48.0 Å². The predicted molar refractivity (Wildman–Crippen MR) is 97.6 cm³/mol. The number of nitrogens with two attached hydrogens (primary N) is 1. The Labute approximate surface area is 138 Å². The lowest BCUT2D eigenvalue weighted by Gasteiger charge is -2.14. The molecule has 23 heavy (non-hydrogen) atoms. The first-order valence-electron chi connectivity index (χ1n) is 8.55. The lowest BCUT2D eigenvalue weighted by Crippen LogP contribution is -2.34. The molecular weight excluding hydrogens is 284 g/mol. The van der Waals surface area contributed by atoms with Crippen LogP contribution >= 0.6 is 0 Å². The summed E-state index contributed by atoms with van der Waals surface area (Å²) < 4.78 is 0. The van der Waals surface area contributed by atoms with Crippen molar-refractivity contribution in [3.8, 4) is 0 Å². The van der Waals surface area contributed by atoms with Gasteiger partial charge >= 0.3 is 0 Å². The van der Waals surface area contributed by atoms with Gasteiger partial charge in [0.25, 0.3) is 0 Å². The van der Waals surface area contributed by atoms with Gasteiger partial charge in [0.2, 0.25) is 0 Å². The highest BCUT2D eigenvalue weighted by Crippen LogP contribution is 2.16. The molecule has 0 saturated carbocycles. The van der Waals surface area contributed by atoms with E-state index in [9.17, 15) is 0 Å². The summed E-state index contributed by atoms with van der Waals surface area (Å²) in [5.41, 5.74) is 7.14. The smallest absolute Gasteiger partial charge is 0.188 e. The van der Waals surface area contributed by atoms with E-state index in [1.807, 2.05) is 0 Å². The number of hydrogen-bond acceptors (Lipinski definition) is 2. The Morgan fingerprint density at radius 3 is 2.70 bits per heavy atom. The normalized spacial score (nSPS) is 16.1. The van der Waals surface area contributed by atoms with Gasteiger partial charge in [0.1, 0.15) is 0 Å². The minimum Gasteiger partial charge on any atom is -0.370 e. The van der Waals surface area contributed by atoms with E-state index in [2.05, 4.69) is 57.7 Å². The zero-order valence-electron chi connectivity index (χ0n) is 13.7. The zero-order chi connectivity index (χ0) is 15.9. The fourth-order valence-corrected chi connectivity index (χ4v) is 3.09. The molecule has 2 aromatic rings. The summed E-state index contributed by atoms with van der Waals surface area (Å²) in [6.07, 6.45) is 3.82. The van der Waals surface area contributed by atoms with Gasteiger partial charge in [-0.2, -0.15) is 0 Å². The van der Waals surface area contributed by atoms with E-state index < -0.39 is 0 Å². The van der Waals surface area contributed by atoms with Gasteiger partial charge in [-0.3, -0.25) is 0 Å². The minimum absolute atomic E-state index is 0.541. The maximum absolute atomic E-state index is 5.95. The van der Waals surface area contributed by atoms with Crippen molar-refractivity contribution in [1.29, 1.82) is 0 Å². The molecule has 0 aliphatic carbocycles. The zero-order valence-corrected chi connectivity index (χ0v) is 13.7. The summed E-state index contributed by atoms with van der Waals surface area (Å²) in [5, 5.41) is 5.72. The molecule has 2 aromatic carbocycles. The van der Waals surface area contributed by atoms with Crippen molar-refractivity contribution in [2.24, 2.45) is 10.7 Å². The van der Waals surface area contributed by atoms with Crippen LogP contribution < -0.4 is 11.1 Å². The van der Waals surface area contributed by atoms with Gasteiger partial charge in [-0.1, -0.05) is 36.4 Å². The summed E-state index contributed by atoms with van der Waals surface area (Å²) in [4.78, 5) is 6.96. The van der Waals surface area contributed by atoms with Crippen LogP contribution in [0, 0.1) is 0 Å². The standard InChI is InChI=1S/C19H26N4/c20-19(21-10-5-13-23-11-3-4-12-23)22-15-16-8-9-17-6-1-2-7-18(17)14-16/h1-2,6-9,14H,3-5,10-13,15H2,(H3,20,21,22). The highest BCUT2D eigenvalue weighted by molar-refractivity contribution is 5.83. The molecule has 0 aromatic heterocycles. The van der Waals surface area contributed by atoms with Crippen molar-refractivity contribution >= 4 is 16.7 Å². The Morgan fingerprint density at radius 2 is 1.87 bits per heavy atom. The number of aliphatic imine (C=N–C) groups is 1. The Balaban J connectivity index is 1.44. The largest absolute Gasteiger partial charge is 0.370 e. The monoisotopic (exact) mass is 310 g/mol. The molecule has 1 saturated heterocycles. The average molecular weight is 310 g/mol. The fraction of sp³-hybridized carbons (Fsp3) is 0.421. The second kappa shape index (κ2) is 7.97. The minimum atomic E-state index is 0.541. The van der Waals surface area contributed by atoms with Crippen LogP contribution in [-0.4, -0.2) is 37.0 Å².